The molecular weight excluding hydrogens is 366 g/mol. The van der Waals surface area contributed by atoms with Crippen LogP contribution in [0.2, 0.25) is 0 Å². The van der Waals surface area contributed by atoms with E-state index in [2.05, 4.69) is 20.9 Å². The van der Waals surface area contributed by atoms with Crippen molar-refractivity contribution in [3.63, 3.8) is 0 Å². The number of amides is 1. The molecule has 1 amide bonds. The van der Waals surface area contributed by atoms with Crippen LogP contribution >= 0.6 is 12.4 Å². The first-order chi connectivity index (χ1) is 12.7. The number of nitrogens with zero attached hydrogens (tertiary/aromatic N) is 3. The Morgan fingerprint density at radius 3 is 2.59 bits per heavy atom. The molecule has 0 atom stereocenters. The number of rotatable bonds is 6. The van der Waals surface area contributed by atoms with Crippen molar-refractivity contribution < 1.29 is 9.53 Å². The van der Waals surface area contributed by atoms with Crippen molar-refractivity contribution in [2.24, 2.45) is 5.92 Å². The van der Waals surface area contributed by atoms with E-state index in [0.29, 0.717) is 11.7 Å². The maximum Gasteiger partial charge on any atom is 0.278 e. The van der Waals surface area contributed by atoms with Crippen LogP contribution in [0.25, 0.3) is 0 Å². The average molecular weight is 392 g/mol. The number of anilines is 1. The Morgan fingerprint density at radius 2 is 1.93 bits per heavy atom. The number of hydrogen-bond donors (Lipinski definition) is 2. The molecule has 2 fully saturated rings. The Morgan fingerprint density at radius 1 is 1.22 bits per heavy atom. The number of halogens is 1. The molecule has 2 N–H and O–H groups in total. The van der Waals surface area contributed by atoms with Gasteiger partial charge in [-0.25, -0.2) is 4.68 Å². The van der Waals surface area contributed by atoms with Gasteiger partial charge < -0.3 is 15.4 Å². The highest BCUT2D eigenvalue weighted by Gasteiger charge is 2.23. The van der Waals surface area contributed by atoms with Crippen LogP contribution in [-0.4, -0.2) is 40.6 Å². The predicted molar refractivity (Wildman–Crippen MR) is 106 cm³/mol. The minimum Gasteiger partial charge on any atom is -0.493 e. The molecule has 146 valence electrons. The normalized spacial score (nSPS) is 17.2. The number of hydrogen-bond acceptors (Lipinski definition) is 5. The summed E-state index contributed by atoms with van der Waals surface area (Å²) in [5.74, 6) is 1.33. The van der Waals surface area contributed by atoms with Crippen LogP contribution in [0.5, 0.6) is 5.75 Å². The van der Waals surface area contributed by atoms with Gasteiger partial charge in [-0.2, -0.15) is 0 Å². The lowest BCUT2D eigenvalue weighted by molar-refractivity contribution is 0.102. The Bertz CT molecular complexity index is 767. The molecule has 0 bridgehead atoms. The second-order valence-electron chi connectivity index (χ2n) is 7.18. The van der Waals surface area contributed by atoms with Crippen LogP contribution in [-0.2, 0) is 0 Å². The zero-order valence-electron chi connectivity index (χ0n) is 15.5. The fraction of sp³-hybridized carbons (Fsp3) is 0.526. The topological polar surface area (TPSA) is 81.1 Å². The molecule has 7 nitrogen and oxygen atoms in total. The fourth-order valence-corrected chi connectivity index (χ4v) is 3.27. The SMILES string of the molecule is Cc1c(C(=O)Nc2ccc(OCC3CC3)cc2)nnn1C1CCNCC1.Cl. The minimum absolute atomic E-state index is 0. The maximum atomic E-state index is 12.6. The van der Waals surface area contributed by atoms with Crippen LogP contribution in [0, 0.1) is 12.8 Å². The summed E-state index contributed by atoms with van der Waals surface area (Å²) in [6.45, 7) is 4.64. The summed E-state index contributed by atoms with van der Waals surface area (Å²) >= 11 is 0. The Hall–Kier alpha value is -2.12. The van der Waals surface area contributed by atoms with Crippen LogP contribution in [0.15, 0.2) is 24.3 Å². The van der Waals surface area contributed by atoms with Gasteiger partial charge in [-0.3, -0.25) is 4.79 Å². The fourth-order valence-electron chi connectivity index (χ4n) is 3.27. The molecule has 2 heterocycles. The summed E-state index contributed by atoms with van der Waals surface area (Å²) in [6, 6.07) is 7.79. The molecule has 1 saturated carbocycles. The van der Waals surface area contributed by atoms with Gasteiger partial charge in [-0.05, 0) is 75.9 Å². The van der Waals surface area contributed by atoms with E-state index in [9.17, 15) is 4.79 Å². The van der Waals surface area contributed by atoms with Gasteiger partial charge in [0.15, 0.2) is 5.69 Å². The van der Waals surface area contributed by atoms with Crippen LogP contribution in [0.4, 0.5) is 5.69 Å². The summed E-state index contributed by atoms with van der Waals surface area (Å²) in [5.41, 5.74) is 1.93. The van der Waals surface area contributed by atoms with E-state index in [1.807, 2.05) is 35.9 Å². The first kappa shape index (κ1) is 19.6. The lowest BCUT2D eigenvalue weighted by Crippen LogP contribution is -2.30. The number of aromatic nitrogens is 3. The predicted octanol–water partition coefficient (Wildman–Crippen LogP) is 2.97. The van der Waals surface area contributed by atoms with E-state index in [4.69, 9.17) is 4.74 Å². The van der Waals surface area contributed by atoms with Crippen LogP contribution in [0.1, 0.15) is 47.9 Å². The molecule has 0 spiro atoms. The molecule has 1 saturated heterocycles. The average Bonchev–Trinajstić information content (AvgIpc) is 3.42. The molecule has 0 unspecified atom stereocenters. The molecule has 1 aromatic carbocycles. The molecule has 1 aromatic heterocycles. The monoisotopic (exact) mass is 391 g/mol. The highest BCUT2D eigenvalue weighted by molar-refractivity contribution is 6.03. The number of ether oxygens (including phenoxy) is 1. The molecular formula is C19H26ClN5O2. The van der Waals surface area contributed by atoms with Gasteiger partial charge in [-0.15, -0.1) is 17.5 Å². The van der Waals surface area contributed by atoms with E-state index in [-0.39, 0.29) is 18.3 Å². The molecule has 8 heteroatoms. The number of nitrogens with one attached hydrogen (secondary N) is 2. The number of piperidine rings is 1. The Kier molecular flexibility index (Phi) is 6.34. The van der Waals surface area contributed by atoms with E-state index in [1.165, 1.54) is 12.8 Å². The highest BCUT2D eigenvalue weighted by Crippen LogP contribution is 2.29. The lowest BCUT2D eigenvalue weighted by Gasteiger charge is -2.23. The smallest absolute Gasteiger partial charge is 0.278 e. The summed E-state index contributed by atoms with van der Waals surface area (Å²) in [4.78, 5) is 12.6. The van der Waals surface area contributed by atoms with E-state index in [1.54, 1.807) is 0 Å². The summed E-state index contributed by atoms with van der Waals surface area (Å²) in [5, 5.41) is 14.6. The quantitative estimate of drug-likeness (QED) is 0.791. The van der Waals surface area contributed by atoms with Crippen LogP contribution < -0.4 is 15.4 Å². The Balaban J connectivity index is 0.00000210. The van der Waals surface area contributed by atoms with Gasteiger partial charge in [0.05, 0.1) is 18.3 Å². The molecule has 1 aliphatic heterocycles. The summed E-state index contributed by atoms with van der Waals surface area (Å²) < 4.78 is 7.61. The van der Waals surface area contributed by atoms with Crippen molar-refractivity contribution in [3.05, 3.63) is 35.7 Å². The molecule has 27 heavy (non-hydrogen) atoms. The third kappa shape index (κ3) is 4.78. The molecule has 4 rings (SSSR count). The lowest BCUT2D eigenvalue weighted by atomic mass is 10.1. The maximum absolute atomic E-state index is 12.6. The second-order valence-corrected chi connectivity index (χ2v) is 7.18. The van der Waals surface area contributed by atoms with Gasteiger partial charge in [-0.1, -0.05) is 5.21 Å². The van der Waals surface area contributed by atoms with Crippen molar-refractivity contribution in [1.29, 1.82) is 0 Å². The largest absolute Gasteiger partial charge is 0.493 e. The van der Waals surface area contributed by atoms with Gasteiger partial charge >= 0.3 is 0 Å². The highest BCUT2D eigenvalue weighted by atomic mass is 35.5. The molecule has 2 aliphatic rings. The zero-order chi connectivity index (χ0) is 17.9. The van der Waals surface area contributed by atoms with Crippen molar-refractivity contribution in [2.75, 3.05) is 25.0 Å². The summed E-state index contributed by atoms with van der Waals surface area (Å²) in [7, 11) is 0. The van der Waals surface area contributed by atoms with E-state index in [0.717, 1.165) is 55.6 Å². The van der Waals surface area contributed by atoms with Crippen LogP contribution in [0.3, 0.4) is 0 Å². The summed E-state index contributed by atoms with van der Waals surface area (Å²) in [6.07, 6.45) is 4.55. The van der Waals surface area contributed by atoms with Crippen molar-refractivity contribution >= 4 is 24.0 Å². The second kappa shape index (κ2) is 8.71. The minimum atomic E-state index is -0.227. The third-order valence-electron chi connectivity index (χ3n) is 5.09. The van der Waals surface area contributed by atoms with E-state index < -0.39 is 0 Å². The van der Waals surface area contributed by atoms with Gasteiger partial charge in [0, 0.05) is 5.69 Å². The molecule has 0 radical (unpaired) electrons. The first-order valence-electron chi connectivity index (χ1n) is 9.37. The number of carbonyl (C=O) groups excluding carboxylic acids is 1. The molecule has 2 aromatic rings. The van der Waals surface area contributed by atoms with Gasteiger partial charge in [0.2, 0.25) is 0 Å². The van der Waals surface area contributed by atoms with Crippen molar-refractivity contribution in [2.45, 2.75) is 38.6 Å². The Labute approximate surface area is 165 Å². The number of carbonyl (C=O) groups is 1. The first-order valence-corrected chi connectivity index (χ1v) is 9.37. The van der Waals surface area contributed by atoms with E-state index >= 15 is 0 Å². The standard InChI is InChI=1S/C19H25N5O2.ClH/c1-13-18(22-23-24(13)16-8-10-20-11-9-16)19(25)21-15-4-6-17(7-5-15)26-12-14-2-3-14;/h4-7,14,16,20H,2-3,8-12H2,1H3,(H,21,25);1H. The van der Waals surface area contributed by atoms with Gasteiger partial charge in [0.25, 0.3) is 5.91 Å². The zero-order valence-corrected chi connectivity index (χ0v) is 16.3. The van der Waals surface area contributed by atoms with Gasteiger partial charge in [0.1, 0.15) is 5.75 Å². The third-order valence-corrected chi connectivity index (χ3v) is 5.09. The van der Waals surface area contributed by atoms with Crippen molar-refractivity contribution in [1.82, 2.24) is 20.3 Å². The molecule has 1 aliphatic carbocycles. The van der Waals surface area contributed by atoms with Crippen molar-refractivity contribution in [3.8, 4) is 5.75 Å². The number of benzene rings is 1.